The Bertz CT molecular complexity index is 496. The molecule has 4 heteroatoms. The van der Waals surface area contributed by atoms with Gasteiger partial charge in [0.2, 0.25) is 0 Å². The molecule has 1 unspecified atom stereocenters. The van der Waals surface area contributed by atoms with Crippen molar-refractivity contribution in [2.45, 2.75) is 19.9 Å². The molecule has 90 valence electrons. The van der Waals surface area contributed by atoms with E-state index in [1.54, 1.807) is 0 Å². The van der Waals surface area contributed by atoms with Crippen molar-refractivity contribution in [2.24, 2.45) is 7.05 Å². The Labute approximate surface area is 102 Å². The van der Waals surface area contributed by atoms with Gasteiger partial charge in [0.05, 0.1) is 11.7 Å². The number of aromatic nitrogens is 3. The van der Waals surface area contributed by atoms with E-state index in [2.05, 4.69) is 34.5 Å². The van der Waals surface area contributed by atoms with E-state index in [9.17, 15) is 0 Å². The molecule has 0 radical (unpaired) electrons. The smallest absolute Gasteiger partial charge is 0.0842 e. The summed E-state index contributed by atoms with van der Waals surface area (Å²) >= 11 is 0. The normalized spacial score (nSPS) is 12.7. The highest BCUT2D eigenvalue weighted by Crippen LogP contribution is 2.21. The Morgan fingerprint density at radius 3 is 2.53 bits per heavy atom. The fourth-order valence-electron chi connectivity index (χ4n) is 1.95. The molecule has 2 aromatic rings. The quantitative estimate of drug-likeness (QED) is 0.873. The molecule has 0 saturated carbocycles. The van der Waals surface area contributed by atoms with Crippen LogP contribution in [0.1, 0.15) is 28.6 Å². The van der Waals surface area contributed by atoms with Gasteiger partial charge in [-0.2, -0.15) is 5.10 Å². The van der Waals surface area contributed by atoms with Gasteiger partial charge in [-0.05, 0) is 38.1 Å². The second-order valence-electron chi connectivity index (χ2n) is 4.35. The summed E-state index contributed by atoms with van der Waals surface area (Å²) in [4.78, 5) is 4.23. The molecule has 2 heterocycles. The summed E-state index contributed by atoms with van der Waals surface area (Å²) in [7, 11) is 3.90. The lowest BCUT2D eigenvalue weighted by Crippen LogP contribution is -2.18. The van der Waals surface area contributed by atoms with Gasteiger partial charge >= 0.3 is 0 Å². The molecule has 1 atom stereocenters. The highest BCUT2D eigenvalue weighted by Gasteiger charge is 2.16. The molecule has 0 aliphatic carbocycles. The van der Waals surface area contributed by atoms with E-state index >= 15 is 0 Å². The van der Waals surface area contributed by atoms with Crippen LogP contribution in [-0.4, -0.2) is 21.8 Å². The standard InChI is InChI=1S/C13H18N4/c1-9-5-11(8-15-7-9)13(14-3)12-6-10(2)17(4)16-12/h5-8,13-14H,1-4H3. The van der Waals surface area contributed by atoms with Crippen molar-refractivity contribution in [1.82, 2.24) is 20.1 Å². The van der Waals surface area contributed by atoms with Crippen LogP contribution in [0.4, 0.5) is 0 Å². The first-order valence-electron chi connectivity index (χ1n) is 5.71. The average Bonchev–Trinajstić information content (AvgIpc) is 2.60. The number of pyridine rings is 1. The van der Waals surface area contributed by atoms with Crippen molar-refractivity contribution in [1.29, 1.82) is 0 Å². The maximum Gasteiger partial charge on any atom is 0.0842 e. The molecule has 0 aromatic carbocycles. The first-order chi connectivity index (χ1) is 8.11. The SMILES string of the molecule is CNC(c1cncc(C)c1)c1cc(C)n(C)n1. The molecule has 1 N–H and O–H groups in total. The second kappa shape index (κ2) is 4.67. The number of rotatable bonds is 3. The minimum absolute atomic E-state index is 0.0994. The van der Waals surface area contributed by atoms with E-state index in [0.717, 1.165) is 22.5 Å². The summed E-state index contributed by atoms with van der Waals surface area (Å²) in [6, 6.07) is 4.34. The van der Waals surface area contributed by atoms with Gasteiger partial charge in [-0.25, -0.2) is 0 Å². The maximum atomic E-state index is 4.51. The van der Waals surface area contributed by atoms with E-state index in [1.165, 1.54) is 0 Å². The fourth-order valence-corrected chi connectivity index (χ4v) is 1.95. The van der Waals surface area contributed by atoms with Gasteiger partial charge < -0.3 is 5.32 Å². The predicted octanol–water partition coefficient (Wildman–Crippen LogP) is 1.74. The van der Waals surface area contributed by atoms with Crippen LogP contribution in [0.5, 0.6) is 0 Å². The third-order valence-corrected chi connectivity index (χ3v) is 2.95. The molecule has 2 rings (SSSR count). The third-order valence-electron chi connectivity index (χ3n) is 2.95. The lowest BCUT2D eigenvalue weighted by Gasteiger charge is -2.14. The van der Waals surface area contributed by atoms with E-state index in [1.807, 2.05) is 38.1 Å². The van der Waals surface area contributed by atoms with Crippen molar-refractivity contribution in [3.05, 3.63) is 47.0 Å². The predicted molar refractivity (Wildman–Crippen MR) is 67.8 cm³/mol. The van der Waals surface area contributed by atoms with Crippen LogP contribution < -0.4 is 5.32 Å². The molecule has 4 nitrogen and oxygen atoms in total. The average molecular weight is 230 g/mol. The summed E-state index contributed by atoms with van der Waals surface area (Å²) < 4.78 is 1.89. The Balaban J connectivity index is 2.39. The Morgan fingerprint density at radius 2 is 2.00 bits per heavy atom. The molecule has 2 aromatic heterocycles. The van der Waals surface area contributed by atoms with Gasteiger partial charge in [-0.1, -0.05) is 6.07 Å². The fraction of sp³-hybridized carbons (Fsp3) is 0.385. The van der Waals surface area contributed by atoms with E-state index in [-0.39, 0.29) is 6.04 Å². The van der Waals surface area contributed by atoms with Crippen LogP contribution in [-0.2, 0) is 7.05 Å². The molecule has 0 aliphatic heterocycles. The molecule has 0 spiro atoms. The molecule has 0 amide bonds. The van der Waals surface area contributed by atoms with Gasteiger partial charge in [0, 0.05) is 25.1 Å². The number of hydrogen-bond donors (Lipinski definition) is 1. The van der Waals surface area contributed by atoms with Crippen molar-refractivity contribution in [3.8, 4) is 0 Å². The number of nitrogens with one attached hydrogen (secondary N) is 1. The molecule has 0 bridgehead atoms. The molecule has 0 fully saturated rings. The van der Waals surface area contributed by atoms with Gasteiger partial charge in [0.1, 0.15) is 0 Å². The van der Waals surface area contributed by atoms with Crippen molar-refractivity contribution >= 4 is 0 Å². The highest BCUT2D eigenvalue weighted by molar-refractivity contribution is 5.28. The highest BCUT2D eigenvalue weighted by atomic mass is 15.3. The summed E-state index contributed by atoms with van der Waals surface area (Å²) in [6.07, 6.45) is 3.75. The number of hydrogen-bond acceptors (Lipinski definition) is 3. The molecular weight excluding hydrogens is 212 g/mol. The van der Waals surface area contributed by atoms with Crippen molar-refractivity contribution in [2.75, 3.05) is 7.05 Å². The van der Waals surface area contributed by atoms with Crippen molar-refractivity contribution in [3.63, 3.8) is 0 Å². The van der Waals surface area contributed by atoms with Gasteiger partial charge in [0.25, 0.3) is 0 Å². The van der Waals surface area contributed by atoms with Crippen LogP contribution in [0, 0.1) is 13.8 Å². The maximum absolute atomic E-state index is 4.51. The minimum Gasteiger partial charge on any atom is -0.308 e. The van der Waals surface area contributed by atoms with E-state index < -0.39 is 0 Å². The second-order valence-corrected chi connectivity index (χ2v) is 4.35. The zero-order valence-electron chi connectivity index (χ0n) is 10.7. The zero-order valence-corrected chi connectivity index (χ0v) is 10.7. The van der Waals surface area contributed by atoms with E-state index in [0.29, 0.717) is 0 Å². The topological polar surface area (TPSA) is 42.7 Å². The van der Waals surface area contributed by atoms with Crippen LogP contribution in [0.2, 0.25) is 0 Å². The van der Waals surface area contributed by atoms with Gasteiger partial charge in [-0.3, -0.25) is 9.67 Å². The van der Waals surface area contributed by atoms with Crippen LogP contribution in [0.15, 0.2) is 24.5 Å². The molecule has 17 heavy (non-hydrogen) atoms. The van der Waals surface area contributed by atoms with Gasteiger partial charge in [-0.15, -0.1) is 0 Å². The number of nitrogens with zero attached hydrogens (tertiary/aromatic N) is 3. The molecule has 0 saturated heterocycles. The van der Waals surface area contributed by atoms with Crippen LogP contribution in [0.25, 0.3) is 0 Å². The zero-order chi connectivity index (χ0) is 12.4. The Hall–Kier alpha value is -1.68. The molecule has 0 aliphatic rings. The first kappa shape index (κ1) is 11.8. The Morgan fingerprint density at radius 1 is 1.24 bits per heavy atom. The number of aryl methyl sites for hydroxylation is 3. The lowest BCUT2D eigenvalue weighted by molar-refractivity contribution is 0.636. The van der Waals surface area contributed by atoms with E-state index in [4.69, 9.17) is 0 Å². The van der Waals surface area contributed by atoms with Crippen molar-refractivity contribution < 1.29 is 0 Å². The Kier molecular flexibility index (Phi) is 3.24. The summed E-state index contributed by atoms with van der Waals surface area (Å²) in [6.45, 7) is 4.10. The lowest BCUT2D eigenvalue weighted by atomic mass is 10.0. The largest absolute Gasteiger partial charge is 0.308 e. The monoisotopic (exact) mass is 230 g/mol. The summed E-state index contributed by atoms with van der Waals surface area (Å²) in [5, 5.41) is 7.80. The third kappa shape index (κ3) is 2.36. The summed E-state index contributed by atoms with van der Waals surface area (Å²) in [5.41, 5.74) is 4.49. The first-order valence-corrected chi connectivity index (χ1v) is 5.71. The van der Waals surface area contributed by atoms with Crippen LogP contribution in [0.3, 0.4) is 0 Å². The van der Waals surface area contributed by atoms with Crippen LogP contribution >= 0.6 is 0 Å². The minimum atomic E-state index is 0.0994. The molecular formula is C13H18N4. The van der Waals surface area contributed by atoms with Gasteiger partial charge in [0.15, 0.2) is 0 Å². The summed E-state index contributed by atoms with van der Waals surface area (Å²) in [5.74, 6) is 0.